The molecule has 1 saturated heterocycles. The van der Waals surface area contributed by atoms with Crippen molar-refractivity contribution in [2.75, 3.05) is 6.61 Å². The van der Waals surface area contributed by atoms with Crippen molar-refractivity contribution >= 4 is 6.29 Å². The Morgan fingerprint density at radius 2 is 2.40 bits per heavy atom. The first-order chi connectivity index (χ1) is 4.93. The Labute approximate surface area is 61.6 Å². The summed E-state index contributed by atoms with van der Waals surface area (Å²) < 4.78 is 5.42. The molecule has 0 aliphatic carbocycles. The summed E-state index contributed by atoms with van der Waals surface area (Å²) in [4.78, 5) is 9.99. The lowest BCUT2D eigenvalue weighted by molar-refractivity contribution is -0.108. The minimum absolute atomic E-state index is 0.374. The third-order valence-electron chi connectivity index (χ3n) is 1.88. The van der Waals surface area contributed by atoms with Gasteiger partial charge in [-0.3, -0.25) is 0 Å². The molecular weight excluding hydrogens is 128 g/mol. The predicted octanol–water partition coefficient (Wildman–Crippen LogP) is 1.53. The number of carbonyl (C=O) groups is 1. The molecule has 1 fully saturated rings. The molecule has 0 aromatic heterocycles. The van der Waals surface area contributed by atoms with Crippen molar-refractivity contribution in [1.82, 2.24) is 0 Å². The smallest absolute Gasteiger partial charge is 0.120 e. The fourth-order valence-corrected chi connectivity index (χ4v) is 1.29. The largest absolute Gasteiger partial charge is 0.378 e. The number of hydrogen-bond donors (Lipinski definition) is 0. The number of carbonyl (C=O) groups excluding carboxylic acids is 1. The van der Waals surface area contributed by atoms with E-state index >= 15 is 0 Å². The summed E-state index contributed by atoms with van der Waals surface area (Å²) in [5.41, 5.74) is 0. The van der Waals surface area contributed by atoms with Gasteiger partial charge in [0.15, 0.2) is 0 Å². The van der Waals surface area contributed by atoms with Crippen molar-refractivity contribution in [1.29, 1.82) is 0 Å². The van der Waals surface area contributed by atoms with Gasteiger partial charge in [0.2, 0.25) is 0 Å². The van der Waals surface area contributed by atoms with Crippen LogP contribution in [-0.2, 0) is 9.53 Å². The zero-order valence-corrected chi connectivity index (χ0v) is 6.21. The second-order valence-electron chi connectivity index (χ2n) is 2.73. The maximum Gasteiger partial charge on any atom is 0.120 e. The molecule has 0 unspecified atom stereocenters. The number of aldehydes is 1. The third-order valence-corrected chi connectivity index (χ3v) is 1.88. The first-order valence-electron chi connectivity index (χ1n) is 3.98. The molecule has 1 rings (SSSR count). The molecule has 0 amide bonds. The highest BCUT2D eigenvalue weighted by atomic mass is 16.5. The molecule has 58 valence electrons. The summed E-state index contributed by atoms with van der Waals surface area (Å²) >= 11 is 0. The molecule has 0 spiro atoms. The second kappa shape index (κ2) is 4.45. The predicted molar refractivity (Wildman–Crippen MR) is 38.9 cm³/mol. The van der Waals surface area contributed by atoms with E-state index in [0.29, 0.717) is 12.5 Å². The van der Waals surface area contributed by atoms with Crippen LogP contribution in [0.1, 0.15) is 32.1 Å². The summed E-state index contributed by atoms with van der Waals surface area (Å²) in [6.07, 6.45) is 6.53. The van der Waals surface area contributed by atoms with Gasteiger partial charge in [-0.05, 0) is 25.7 Å². The van der Waals surface area contributed by atoms with E-state index in [1.54, 1.807) is 0 Å². The Morgan fingerprint density at radius 1 is 1.50 bits per heavy atom. The van der Waals surface area contributed by atoms with E-state index < -0.39 is 0 Å². The van der Waals surface area contributed by atoms with E-state index in [-0.39, 0.29) is 0 Å². The van der Waals surface area contributed by atoms with E-state index in [0.717, 1.165) is 25.7 Å². The van der Waals surface area contributed by atoms with Crippen LogP contribution in [0.3, 0.4) is 0 Å². The third kappa shape index (κ3) is 2.48. The fourth-order valence-electron chi connectivity index (χ4n) is 1.29. The molecule has 1 aliphatic heterocycles. The molecule has 1 aliphatic rings. The van der Waals surface area contributed by atoms with Crippen LogP contribution < -0.4 is 0 Å². The topological polar surface area (TPSA) is 26.3 Å². The normalized spacial score (nSPS) is 26.2. The van der Waals surface area contributed by atoms with Crippen molar-refractivity contribution in [3.05, 3.63) is 0 Å². The van der Waals surface area contributed by atoms with Crippen LogP contribution in [0, 0.1) is 0 Å². The lowest BCUT2D eigenvalue weighted by Crippen LogP contribution is -2.18. The van der Waals surface area contributed by atoms with E-state index in [9.17, 15) is 4.79 Å². The molecule has 0 N–H and O–H groups in total. The second-order valence-corrected chi connectivity index (χ2v) is 2.73. The molecule has 0 aromatic carbocycles. The van der Waals surface area contributed by atoms with Gasteiger partial charge < -0.3 is 9.53 Å². The lowest BCUT2D eigenvalue weighted by atomic mass is 10.1. The first kappa shape index (κ1) is 7.73. The standard InChI is InChI=1S/C8H14O2/c9-6-3-5-8-4-1-2-7-10-8/h6,8H,1-5,7H2/t8-/m0/s1. The summed E-state index contributed by atoms with van der Waals surface area (Å²) in [6, 6.07) is 0. The minimum Gasteiger partial charge on any atom is -0.378 e. The van der Waals surface area contributed by atoms with Crippen LogP contribution in [0.15, 0.2) is 0 Å². The quantitative estimate of drug-likeness (QED) is 0.559. The molecule has 0 radical (unpaired) electrons. The number of ether oxygens (including phenoxy) is 1. The van der Waals surface area contributed by atoms with Gasteiger partial charge in [0.05, 0.1) is 6.10 Å². The molecule has 10 heavy (non-hydrogen) atoms. The van der Waals surface area contributed by atoms with Gasteiger partial charge in [-0.25, -0.2) is 0 Å². The Hall–Kier alpha value is -0.370. The summed E-state index contributed by atoms with van der Waals surface area (Å²) in [7, 11) is 0. The van der Waals surface area contributed by atoms with Crippen LogP contribution in [0.4, 0.5) is 0 Å². The van der Waals surface area contributed by atoms with Crippen LogP contribution in [0.5, 0.6) is 0 Å². The molecule has 1 atom stereocenters. The average molecular weight is 142 g/mol. The van der Waals surface area contributed by atoms with Crippen LogP contribution in [-0.4, -0.2) is 19.0 Å². The van der Waals surface area contributed by atoms with Crippen molar-refractivity contribution in [2.45, 2.75) is 38.2 Å². The Balaban J connectivity index is 2.07. The van der Waals surface area contributed by atoms with Gasteiger partial charge in [0.25, 0.3) is 0 Å². The van der Waals surface area contributed by atoms with Gasteiger partial charge >= 0.3 is 0 Å². The van der Waals surface area contributed by atoms with Gasteiger partial charge in [-0.1, -0.05) is 0 Å². The van der Waals surface area contributed by atoms with Crippen molar-refractivity contribution in [3.63, 3.8) is 0 Å². The zero-order chi connectivity index (χ0) is 7.23. The van der Waals surface area contributed by atoms with E-state index in [1.807, 2.05) is 0 Å². The average Bonchev–Trinajstić information content (AvgIpc) is 2.03. The zero-order valence-electron chi connectivity index (χ0n) is 6.21. The molecule has 2 heteroatoms. The monoisotopic (exact) mass is 142 g/mol. The van der Waals surface area contributed by atoms with Gasteiger partial charge in [0, 0.05) is 13.0 Å². The summed E-state index contributed by atoms with van der Waals surface area (Å²) in [5, 5.41) is 0. The highest BCUT2D eigenvalue weighted by Crippen LogP contribution is 2.15. The van der Waals surface area contributed by atoms with Crippen molar-refractivity contribution < 1.29 is 9.53 Å². The lowest BCUT2D eigenvalue weighted by Gasteiger charge is -2.21. The maximum atomic E-state index is 9.99. The molecule has 0 aromatic rings. The van der Waals surface area contributed by atoms with E-state index in [2.05, 4.69) is 0 Å². The Bertz CT molecular complexity index is 95.4. The van der Waals surface area contributed by atoms with E-state index in [1.165, 1.54) is 12.8 Å². The Morgan fingerprint density at radius 3 is 3.00 bits per heavy atom. The van der Waals surface area contributed by atoms with Gasteiger partial charge in [-0.15, -0.1) is 0 Å². The molecule has 0 saturated carbocycles. The van der Waals surface area contributed by atoms with Crippen LogP contribution in [0.25, 0.3) is 0 Å². The van der Waals surface area contributed by atoms with Crippen LogP contribution in [0.2, 0.25) is 0 Å². The SMILES string of the molecule is O=CCC[C@@H]1CCCCO1. The first-order valence-corrected chi connectivity index (χ1v) is 3.98. The number of rotatable bonds is 3. The van der Waals surface area contributed by atoms with Crippen molar-refractivity contribution in [3.8, 4) is 0 Å². The van der Waals surface area contributed by atoms with Crippen LogP contribution >= 0.6 is 0 Å². The molecule has 2 nitrogen and oxygen atoms in total. The fraction of sp³-hybridized carbons (Fsp3) is 0.875. The van der Waals surface area contributed by atoms with Gasteiger partial charge in [-0.2, -0.15) is 0 Å². The van der Waals surface area contributed by atoms with Gasteiger partial charge in [0.1, 0.15) is 6.29 Å². The maximum absolute atomic E-state index is 9.99. The Kier molecular flexibility index (Phi) is 3.44. The number of hydrogen-bond acceptors (Lipinski definition) is 2. The van der Waals surface area contributed by atoms with E-state index in [4.69, 9.17) is 4.74 Å². The molecule has 0 bridgehead atoms. The summed E-state index contributed by atoms with van der Waals surface area (Å²) in [6.45, 7) is 0.892. The summed E-state index contributed by atoms with van der Waals surface area (Å²) in [5.74, 6) is 0. The van der Waals surface area contributed by atoms with Crippen molar-refractivity contribution in [2.24, 2.45) is 0 Å². The molecular formula is C8H14O2. The highest BCUT2D eigenvalue weighted by molar-refractivity contribution is 5.49. The molecule has 1 heterocycles. The highest BCUT2D eigenvalue weighted by Gasteiger charge is 2.12. The minimum atomic E-state index is 0.374.